The number of fused-ring (bicyclic) bond motifs is 2. The third kappa shape index (κ3) is 9.20. The highest BCUT2D eigenvalue weighted by atomic mass is 19.1. The second-order valence-corrected chi connectivity index (χ2v) is 12.6. The molecule has 0 saturated carbocycles. The molecule has 0 bridgehead atoms. The highest BCUT2D eigenvalue weighted by molar-refractivity contribution is 5.84. The van der Waals surface area contributed by atoms with E-state index in [9.17, 15) is 28.6 Å². The van der Waals surface area contributed by atoms with Gasteiger partial charge in [0.2, 0.25) is 11.8 Å². The lowest BCUT2D eigenvalue weighted by atomic mass is 9.84. The summed E-state index contributed by atoms with van der Waals surface area (Å²) in [7, 11) is 0. The minimum atomic E-state index is -0.266. The van der Waals surface area contributed by atoms with Crippen LogP contribution in [-0.2, 0) is 48.5 Å². The number of nitrogens with one attached hydrogen (secondary N) is 2. The van der Waals surface area contributed by atoms with Gasteiger partial charge in [-0.1, -0.05) is 62.4 Å². The molecule has 0 spiro atoms. The molecule has 2 amide bonds. The van der Waals surface area contributed by atoms with Gasteiger partial charge in [-0.2, -0.15) is 0 Å². The number of aliphatic hydroxyl groups excluding tert-OH is 2. The third-order valence-electron chi connectivity index (χ3n) is 9.14. The Balaban J connectivity index is 0.000000194. The molecule has 4 aromatic carbocycles. The molecule has 2 aliphatic carbocycles. The van der Waals surface area contributed by atoms with E-state index in [1.54, 1.807) is 12.1 Å². The van der Waals surface area contributed by atoms with E-state index in [4.69, 9.17) is 0 Å². The van der Waals surface area contributed by atoms with Gasteiger partial charge in [0.05, 0.1) is 13.2 Å². The Morgan fingerprint density at radius 1 is 0.580 bits per heavy atom. The van der Waals surface area contributed by atoms with E-state index in [0.29, 0.717) is 25.7 Å². The zero-order valence-electron chi connectivity index (χ0n) is 28.6. The van der Waals surface area contributed by atoms with Gasteiger partial charge in [0.15, 0.2) is 0 Å². The van der Waals surface area contributed by atoms with Crippen molar-refractivity contribution in [3.05, 3.63) is 152 Å². The van der Waals surface area contributed by atoms with Crippen molar-refractivity contribution in [2.24, 2.45) is 0 Å². The van der Waals surface area contributed by atoms with E-state index in [1.165, 1.54) is 35.4 Å². The molecule has 0 radical (unpaired) electrons. The first-order valence-electron chi connectivity index (χ1n) is 17.2. The predicted molar refractivity (Wildman–Crippen MR) is 192 cm³/mol. The molecule has 2 aliphatic rings. The largest absolute Gasteiger partial charge is 0.392 e. The number of amides is 2. The van der Waals surface area contributed by atoms with Crippen molar-refractivity contribution in [2.75, 3.05) is 0 Å². The number of allylic oxidation sites excluding steroid dienone is 4. The second kappa shape index (κ2) is 17.1. The number of halogens is 2. The molecule has 4 aromatic rings. The summed E-state index contributed by atoms with van der Waals surface area (Å²) < 4.78 is 27.2. The van der Waals surface area contributed by atoms with Crippen LogP contribution in [0.3, 0.4) is 0 Å². The fourth-order valence-electron chi connectivity index (χ4n) is 6.48. The van der Waals surface area contributed by atoms with E-state index in [2.05, 4.69) is 10.6 Å². The smallest absolute Gasteiger partial charge is 0.223 e. The highest BCUT2D eigenvalue weighted by Gasteiger charge is 2.22. The SMILES string of the molecule is CCC(=O)NC1=C(Cc2cccc(F)c2)c2cc(CO)ccc2CC1.CCC(=O)NC1=C(Cc2cccc(F)c2)c2cc(CO)ccc2CC1. The van der Waals surface area contributed by atoms with Gasteiger partial charge in [0.1, 0.15) is 11.6 Å². The summed E-state index contributed by atoms with van der Waals surface area (Å²) >= 11 is 0. The highest BCUT2D eigenvalue weighted by Crippen LogP contribution is 2.35. The molecule has 0 heterocycles. The first-order chi connectivity index (χ1) is 24.2. The average Bonchev–Trinajstić information content (AvgIpc) is 3.13. The zero-order chi connectivity index (χ0) is 35.6. The minimum absolute atomic E-state index is 0.0199. The van der Waals surface area contributed by atoms with Crippen molar-refractivity contribution < 1.29 is 28.6 Å². The Hall–Kier alpha value is -4.92. The number of hydrogen-bond acceptors (Lipinski definition) is 4. The fourth-order valence-corrected chi connectivity index (χ4v) is 6.48. The Kier molecular flexibility index (Phi) is 12.5. The van der Waals surface area contributed by atoms with Crippen LogP contribution in [0.5, 0.6) is 0 Å². The molecule has 0 fully saturated rings. The predicted octanol–water partition coefficient (Wildman–Crippen LogP) is 7.49. The Morgan fingerprint density at radius 2 is 1.00 bits per heavy atom. The van der Waals surface area contributed by atoms with Gasteiger partial charge in [-0.05, 0) is 131 Å². The molecule has 4 N–H and O–H groups in total. The third-order valence-corrected chi connectivity index (χ3v) is 9.14. The van der Waals surface area contributed by atoms with Crippen molar-refractivity contribution in [3.63, 3.8) is 0 Å². The maximum Gasteiger partial charge on any atom is 0.223 e. The molecule has 6 nitrogen and oxygen atoms in total. The second-order valence-electron chi connectivity index (χ2n) is 12.6. The molecular weight excluding hydrogens is 634 g/mol. The maximum atomic E-state index is 13.6. The average molecular weight is 679 g/mol. The monoisotopic (exact) mass is 678 g/mol. The molecule has 0 saturated heterocycles. The van der Waals surface area contributed by atoms with Gasteiger partial charge in [-0.3, -0.25) is 9.59 Å². The topological polar surface area (TPSA) is 98.7 Å². The standard InChI is InChI=1S/2C21H22FNO2/c2*1-2-21(25)23-20-9-8-16-7-6-15(13-24)12-18(16)19(20)11-14-4-3-5-17(22)10-14/h2*3-7,10,12,24H,2,8-9,11,13H2,1H3,(H,23,25). The first-order valence-corrected chi connectivity index (χ1v) is 17.2. The molecule has 6 rings (SSSR count). The van der Waals surface area contributed by atoms with Crippen LogP contribution in [-0.4, -0.2) is 22.0 Å². The van der Waals surface area contributed by atoms with Crippen LogP contribution < -0.4 is 10.6 Å². The number of benzene rings is 4. The van der Waals surface area contributed by atoms with E-state index < -0.39 is 0 Å². The van der Waals surface area contributed by atoms with Gasteiger partial charge in [0, 0.05) is 24.2 Å². The molecule has 0 atom stereocenters. The fraction of sp³-hybridized carbons (Fsp3) is 0.286. The summed E-state index contributed by atoms with van der Waals surface area (Å²) in [6, 6.07) is 24.9. The zero-order valence-corrected chi connectivity index (χ0v) is 28.6. The molecular formula is C42H44F2N2O4. The van der Waals surface area contributed by atoms with Gasteiger partial charge in [0.25, 0.3) is 0 Å². The lowest BCUT2D eigenvalue weighted by Crippen LogP contribution is -2.25. The number of carbonyl (C=O) groups is 2. The van der Waals surface area contributed by atoms with E-state index >= 15 is 0 Å². The molecule has 8 heteroatoms. The normalized spacial score (nSPS) is 13.6. The molecule has 50 heavy (non-hydrogen) atoms. The quantitative estimate of drug-likeness (QED) is 0.140. The molecule has 260 valence electrons. The Labute approximate surface area is 292 Å². The van der Waals surface area contributed by atoms with Crippen LogP contribution in [0.1, 0.15) is 84.0 Å². The van der Waals surface area contributed by atoms with Gasteiger partial charge < -0.3 is 20.8 Å². The molecule has 0 aliphatic heterocycles. The lowest BCUT2D eigenvalue weighted by molar-refractivity contribution is -0.120. The summed E-state index contributed by atoms with van der Waals surface area (Å²) in [5, 5.41) is 25.0. The van der Waals surface area contributed by atoms with E-state index in [1.807, 2.05) is 62.4 Å². The van der Waals surface area contributed by atoms with Crippen molar-refractivity contribution in [3.8, 4) is 0 Å². The minimum Gasteiger partial charge on any atom is -0.392 e. The summed E-state index contributed by atoms with van der Waals surface area (Å²) in [4.78, 5) is 23.8. The van der Waals surface area contributed by atoms with Crippen LogP contribution in [0.2, 0.25) is 0 Å². The Morgan fingerprint density at radius 3 is 1.36 bits per heavy atom. The lowest BCUT2D eigenvalue weighted by Gasteiger charge is -2.25. The van der Waals surface area contributed by atoms with Crippen molar-refractivity contribution in [2.45, 2.75) is 78.4 Å². The van der Waals surface area contributed by atoms with Crippen molar-refractivity contribution >= 4 is 23.0 Å². The van der Waals surface area contributed by atoms with Gasteiger partial charge in [-0.15, -0.1) is 0 Å². The van der Waals surface area contributed by atoms with E-state index in [0.717, 1.165) is 81.6 Å². The van der Waals surface area contributed by atoms with Crippen LogP contribution in [0, 0.1) is 11.6 Å². The van der Waals surface area contributed by atoms with Crippen molar-refractivity contribution in [1.82, 2.24) is 10.6 Å². The summed E-state index contributed by atoms with van der Waals surface area (Å²) in [5.74, 6) is -0.572. The number of aryl methyl sites for hydroxylation is 2. The molecule has 0 aromatic heterocycles. The van der Waals surface area contributed by atoms with Crippen LogP contribution in [0.4, 0.5) is 8.78 Å². The summed E-state index contributed by atoms with van der Waals surface area (Å²) in [5.41, 5.74) is 11.7. The van der Waals surface area contributed by atoms with Crippen LogP contribution >= 0.6 is 0 Å². The molecule has 0 unspecified atom stereocenters. The number of carbonyl (C=O) groups excluding carboxylic acids is 2. The summed E-state index contributed by atoms with van der Waals surface area (Å²) in [6.45, 7) is 3.58. The number of rotatable bonds is 10. The number of aliphatic hydroxyl groups is 2. The first kappa shape index (κ1) is 36.4. The van der Waals surface area contributed by atoms with E-state index in [-0.39, 0.29) is 36.7 Å². The van der Waals surface area contributed by atoms with Crippen molar-refractivity contribution in [1.29, 1.82) is 0 Å². The van der Waals surface area contributed by atoms with Crippen LogP contribution in [0.15, 0.2) is 96.3 Å². The summed E-state index contributed by atoms with van der Waals surface area (Å²) in [6.07, 6.45) is 5.10. The number of hydrogen-bond donors (Lipinski definition) is 4. The maximum absolute atomic E-state index is 13.6. The Bertz CT molecular complexity index is 1790. The van der Waals surface area contributed by atoms with Crippen LogP contribution in [0.25, 0.3) is 11.1 Å². The van der Waals surface area contributed by atoms with Gasteiger partial charge >= 0.3 is 0 Å². The van der Waals surface area contributed by atoms with Gasteiger partial charge in [-0.25, -0.2) is 8.78 Å².